The molecule has 194 valence electrons. The van der Waals surface area contributed by atoms with Crippen LogP contribution in [0.5, 0.6) is 11.5 Å². The van der Waals surface area contributed by atoms with Crippen molar-refractivity contribution >= 4 is 11.8 Å². The molecule has 0 radical (unpaired) electrons. The minimum absolute atomic E-state index is 0.0381. The largest absolute Gasteiger partial charge is 0.493 e. The first-order valence-corrected chi connectivity index (χ1v) is 12.9. The number of amides is 2. The first-order valence-electron chi connectivity index (χ1n) is 12.9. The van der Waals surface area contributed by atoms with Crippen molar-refractivity contribution in [2.45, 2.75) is 63.0 Å². The molecule has 0 bridgehead atoms. The average Bonchev–Trinajstić information content (AvgIpc) is 3.28. The number of carbonyl (C=O) groups excluding carboxylic acids is 2. The highest BCUT2D eigenvalue weighted by Crippen LogP contribution is 2.34. The van der Waals surface area contributed by atoms with Crippen LogP contribution in [0.25, 0.3) is 0 Å². The Bertz CT molecular complexity index is 1040. The van der Waals surface area contributed by atoms with Gasteiger partial charge in [0.25, 0.3) is 0 Å². The molecule has 0 aliphatic carbocycles. The van der Waals surface area contributed by atoms with Gasteiger partial charge < -0.3 is 24.8 Å². The fourth-order valence-electron chi connectivity index (χ4n) is 5.62. The van der Waals surface area contributed by atoms with Gasteiger partial charge in [0.15, 0.2) is 11.5 Å². The summed E-state index contributed by atoms with van der Waals surface area (Å²) in [7, 11) is 3.21. The second-order valence-corrected chi connectivity index (χ2v) is 10.2. The highest BCUT2D eigenvalue weighted by molar-refractivity contribution is 5.80. The Hall–Kier alpha value is -3.06. The molecule has 2 saturated heterocycles. The van der Waals surface area contributed by atoms with E-state index in [0.717, 1.165) is 24.0 Å². The lowest BCUT2D eigenvalue weighted by atomic mass is 9.84. The van der Waals surface area contributed by atoms with Crippen molar-refractivity contribution < 1.29 is 24.2 Å². The van der Waals surface area contributed by atoms with Crippen molar-refractivity contribution in [2.75, 3.05) is 27.3 Å². The molecule has 0 spiro atoms. The molecule has 36 heavy (non-hydrogen) atoms. The minimum Gasteiger partial charge on any atom is -0.493 e. The number of aliphatic hydroxyl groups is 1. The highest BCUT2D eigenvalue weighted by Gasteiger charge is 2.38. The van der Waals surface area contributed by atoms with E-state index in [2.05, 4.69) is 5.32 Å². The Labute approximate surface area is 213 Å². The molecular formula is C29H38N2O5. The van der Waals surface area contributed by atoms with E-state index >= 15 is 0 Å². The molecule has 2 N–H and O–H groups in total. The lowest BCUT2D eigenvalue weighted by Gasteiger charge is -2.35. The highest BCUT2D eigenvalue weighted by atomic mass is 16.5. The summed E-state index contributed by atoms with van der Waals surface area (Å²) in [5.74, 6) is 1.69. The van der Waals surface area contributed by atoms with Crippen molar-refractivity contribution in [1.29, 1.82) is 0 Å². The Morgan fingerprint density at radius 2 is 1.81 bits per heavy atom. The van der Waals surface area contributed by atoms with Gasteiger partial charge in [-0.3, -0.25) is 9.59 Å². The predicted molar refractivity (Wildman–Crippen MR) is 138 cm³/mol. The van der Waals surface area contributed by atoms with Crippen LogP contribution in [0, 0.1) is 5.92 Å². The van der Waals surface area contributed by atoms with Crippen molar-refractivity contribution in [1.82, 2.24) is 10.2 Å². The zero-order chi connectivity index (χ0) is 25.5. The zero-order valence-corrected chi connectivity index (χ0v) is 21.4. The van der Waals surface area contributed by atoms with Gasteiger partial charge in [0.1, 0.15) is 0 Å². The van der Waals surface area contributed by atoms with Gasteiger partial charge in [-0.2, -0.15) is 0 Å². The van der Waals surface area contributed by atoms with Gasteiger partial charge in [-0.1, -0.05) is 36.4 Å². The maximum Gasteiger partial charge on any atom is 0.222 e. The number of ether oxygens (including phenoxy) is 2. The maximum absolute atomic E-state index is 13.1. The van der Waals surface area contributed by atoms with E-state index in [1.807, 2.05) is 53.4 Å². The summed E-state index contributed by atoms with van der Waals surface area (Å²) in [5, 5.41) is 13.9. The smallest absolute Gasteiger partial charge is 0.222 e. The van der Waals surface area contributed by atoms with Crippen LogP contribution in [-0.4, -0.2) is 60.8 Å². The number of nitrogens with one attached hydrogen (secondary N) is 1. The molecule has 4 rings (SSSR count). The first kappa shape index (κ1) is 26.0. The third-order valence-corrected chi connectivity index (χ3v) is 7.77. The van der Waals surface area contributed by atoms with Gasteiger partial charge in [-0.15, -0.1) is 0 Å². The average molecular weight is 495 g/mol. The second kappa shape index (κ2) is 11.8. The van der Waals surface area contributed by atoms with Crippen LogP contribution < -0.4 is 14.8 Å². The molecule has 2 heterocycles. The fraction of sp³-hybridized carbons (Fsp3) is 0.517. The van der Waals surface area contributed by atoms with Crippen LogP contribution in [0.1, 0.15) is 49.7 Å². The van der Waals surface area contributed by atoms with Crippen LogP contribution in [0.4, 0.5) is 0 Å². The molecule has 2 aromatic rings. The molecule has 2 aliphatic heterocycles. The summed E-state index contributed by atoms with van der Waals surface area (Å²) in [6.45, 7) is 1.34. The molecular weight excluding hydrogens is 456 g/mol. The van der Waals surface area contributed by atoms with Gasteiger partial charge in [0, 0.05) is 31.5 Å². The summed E-state index contributed by atoms with van der Waals surface area (Å²) in [6, 6.07) is 15.9. The van der Waals surface area contributed by atoms with E-state index < -0.39 is 5.54 Å². The molecule has 2 unspecified atom stereocenters. The standard InChI is InChI=1S/C29H38N2O5/c1-35-25-9-8-22(19-26(25)36-2)20-29(14-10-27(33)30-29)15-11-28(34)31-16-12-23(13-17-31)24(32)18-21-6-4-3-5-7-21/h3-9,19,23-24,32H,10-18,20H2,1-2H3,(H,30,33). The van der Waals surface area contributed by atoms with E-state index in [9.17, 15) is 14.7 Å². The van der Waals surface area contributed by atoms with E-state index in [1.165, 1.54) is 0 Å². The van der Waals surface area contributed by atoms with Crippen LogP contribution in [-0.2, 0) is 22.4 Å². The zero-order valence-electron chi connectivity index (χ0n) is 21.4. The van der Waals surface area contributed by atoms with Crippen LogP contribution in [0.3, 0.4) is 0 Å². The molecule has 2 fully saturated rings. The van der Waals surface area contributed by atoms with Crippen LogP contribution in [0.15, 0.2) is 48.5 Å². The van der Waals surface area contributed by atoms with E-state index in [4.69, 9.17) is 9.47 Å². The van der Waals surface area contributed by atoms with Gasteiger partial charge in [0.05, 0.1) is 20.3 Å². The molecule has 0 aromatic heterocycles. The number of benzene rings is 2. The lowest BCUT2D eigenvalue weighted by molar-refractivity contribution is -0.133. The Kier molecular flexibility index (Phi) is 8.52. The van der Waals surface area contributed by atoms with Gasteiger partial charge in [-0.05, 0) is 67.7 Å². The summed E-state index contributed by atoms with van der Waals surface area (Å²) in [5.41, 5.74) is 1.74. The topological polar surface area (TPSA) is 88.1 Å². The van der Waals surface area contributed by atoms with Crippen molar-refractivity contribution in [2.24, 2.45) is 5.92 Å². The van der Waals surface area contributed by atoms with Crippen molar-refractivity contribution in [3.63, 3.8) is 0 Å². The van der Waals surface area contributed by atoms with Gasteiger partial charge in [0.2, 0.25) is 11.8 Å². The van der Waals surface area contributed by atoms with Crippen molar-refractivity contribution in [3.8, 4) is 11.5 Å². The number of nitrogens with zero attached hydrogens (tertiary/aromatic N) is 1. The second-order valence-electron chi connectivity index (χ2n) is 10.2. The summed E-state index contributed by atoms with van der Waals surface area (Å²) >= 11 is 0. The molecule has 0 saturated carbocycles. The first-order chi connectivity index (χ1) is 17.4. The number of piperidine rings is 1. The molecule has 2 atom stereocenters. The summed E-state index contributed by atoms with van der Waals surface area (Å²) in [6.07, 6.45) is 4.71. The number of methoxy groups -OCH3 is 2. The normalized spacial score (nSPS) is 21.2. The number of hydrogen-bond acceptors (Lipinski definition) is 5. The molecule has 7 nitrogen and oxygen atoms in total. The van der Waals surface area contributed by atoms with E-state index in [-0.39, 0.29) is 23.8 Å². The van der Waals surface area contributed by atoms with E-state index in [0.29, 0.717) is 63.1 Å². The maximum atomic E-state index is 13.1. The van der Waals surface area contributed by atoms with Crippen LogP contribution in [0.2, 0.25) is 0 Å². The third-order valence-electron chi connectivity index (χ3n) is 7.77. The number of hydrogen-bond donors (Lipinski definition) is 2. The summed E-state index contributed by atoms with van der Waals surface area (Å²) < 4.78 is 10.8. The number of likely N-dealkylation sites (tertiary alicyclic amines) is 1. The molecule has 2 amide bonds. The Morgan fingerprint density at radius 3 is 2.44 bits per heavy atom. The van der Waals surface area contributed by atoms with Gasteiger partial charge >= 0.3 is 0 Å². The summed E-state index contributed by atoms with van der Waals surface area (Å²) in [4.78, 5) is 27.2. The molecule has 2 aromatic carbocycles. The Morgan fingerprint density at radius 1 is 1.08 bits per heavy atom. The van der Waals surface area contributed by atoms with Crippen LogP contribution >= 0.6 is 0 Å². The third kappa shape index (κ3) is 6.38. The van der Waals surface area contributed by atoms with Gasteiger partial charge in [-0.25, -0.2) is 0 Å². The van der Waals surface area contributed by atoms with E-state index in [1.54, 1.807) is 14.2 Å². The number of carbonyl (C=O) groups is 2. The Balaban J connectivity index is 1.31. The minimum atomic E-state index is -0.434. The number of rotatable bonds is 10. The fourth-order valence-corrected chi connectivity index (χ4v) is 5.62. The lowest BCUT2D eigenvalue weighted by Crippen LogP contribution is -2.46. The monoisotopic (exact) mass is 494 g/mol. The quantitative estimate of drug-likeness (QED) is 0.528. The molecule has 7 heteroatoms. The van der Waals surface area contributed by atoms with Crippen molar-refractivity contribution in [3.05, 3.63) is 59.7 Å². The SMILES string of the molecule is COc1ccc(CC2(CCC(=O)N3CCC(C(O)Cc4ccccc4)CC3)CCC(=O)N2)cc1OC. The predicted octanol–water partition coefficient (Wildman–Crippen LogP) is 3.52. The molecule has 2 aliphatic rings. The number of aliphatic hydroxyl groups excluding tert-OH is 1.